The van der Waals surface area contributed by atoms with Crippen molar-refractivity contribution in [3.63, 3.8) is 0 Å². The van der Waals surface area contributed by atoms with Gasteiger partial charge in [0.15, 0.2) is 0 Å². The largest absolute Gasteiger partial charge is 0.357 e. The van der Waals surface area contributed by atoms with Crippen molar-refractivity contribution in [1.29, 1.82) is 0 Å². The van der Waals surface area contributed by atoms with Crippen LogP contribution in [0.3, 0.4) is 0 Å². The fourth-order valence-electron chi connectivity index (χ4n) is 1.28. The Balaban J connectivity index is 4.09. The Kier molecular flexibility index (Phi) is 6.93. The van der Waals surface area contributed by atoms with E-state index in [1.807, 2.05) is 6.92 Å². The molecule has 0 saturated carbocycles. The van der Waals surface area contributed by atoms with Crippen LogP contribution in [0, 0.1) is 0 Å². The molecule has 0 bridgehead atoms. The normalized spacial score (nSPS) is 11.5. The van der Waals surface area contributed by atoms with Crippen LogP contribution in [0.1, 0.15) is 26.7 Å². The van der Waals surface area contributed by atoms with Crippen LogP contribution in [-0.4, -0.2) is 49.3 Å². The molecule has 6 nitrogen and oxygen atoms in total. The van der Waals surface area contributed by atoms with Gasteiger partial charge in [0, 0.05) is 20.5 Å². The summed E-state index contributed by atoms with van der Waals surface area (Å²) < 4.78 is 0. The van der Waals surface area contributed by atoms with Gasteiger partial charge in [0.2, 0.25) is 17.7 Å². The Labute approximate surface area is 102 Å². The van der Waals surface area contributed by atoms with Gasteiger partial charge in [-0.2, -0.15) is 0 Å². The lowest BCUT2D eigenvalue weighted by Gasteiger charge is -2.18. The molecule has 0 aromatic rings. The minimum Gasteiger partial charge on any atom is -0.357 e. The molecule has 6 heteroatoms. The summed E-state index contributed by atoms with van der Waals surface area (Å²) >= 11 is 0. The predicted octanol–water partition coefficient (Wildman–Crippen LogP) is -0.504. The molecule has 3 amide bonds. The van der Waals surface area contributed by atoms with E-state index in [1.54, 1.807) is 14.0 Å². The Hall–Kier alpha value is -1.59. The first kappa shape index (κ1) is 15.4. The van der Waals surface area contributed by atoms with Gasteiger partial charge in [-0.25, -0.2) is 0 Å². The van der Waals surface area contributed by atoms with Crippen LogP contribution in [0.2, 0.25) is 0 Å². The van der Waals surface area contributed by atoms with Crippen molar-refractivity contribution >= 4 is 17.7 Å². The second-order valence-corrected chi connectivity index (χ2v) is 3.90. The highest BCUT2D eigenvalue weighted by Gasteiger charge is 2.16. The first-order chi connectivity index (χ1) is 7.92. The molecule has 0 heterocycles. The van der Waals surface area contributed by atoms with Crippen molar-refractivity contribution in [2.24, 2.45) is 0 Å². The molecule has 0 fully saturated rings. The van der Waals surface area contributed by atoms with Gasteiger partial charge in [0.25, 0.3) is 0 Å². The highest BCUT2D eigenvalue weighted by atomic mass is 16.2. The Morgan fingerprint density at radius 1 is 1.29 bits per heavy atom. The summed E-state index contributed by atoms with van der Waals surface area (Å²) in [6, 6.07) is -0.595. The van der Waals surface area contributed by atoms with Gasteiger partial charge in [-0.05, 0) is 13.3 Å². The highest BCUT2D eigenvalue weighted by molar-refractivity contribution is 5.89. The molecule has 0 aliphatic carbocycles. The van der Waals surface area contributed by atoms with E-state index < -0.39 is 6.04 Å². The highest BCUT2D eigenvalue weighted by Crippen LogP contribution is 1.94. The SMILES string of the molecule is CCCC(=O)N(C)CC(=O)NC(C)C(=O)NC. The molecule has 0 aromatic carbocycles. The summed E-state index contributed by atoms with van der Waals surface area (Å²) in [4.78, 5) is 35.4. The maximum absolute atomic E-state index is 11.5. The summed E-state index contributed by atoms with van der Waals surface area (Å²) in [5.41, 5.74) is 0. The topological polar surface area (TPSA) is 78.5 Å². The van der Waals surface area contributed by atoms with Crippen molar-refractivity contribution < 1.29 is 14.4 Å². The van der Waals surface area contributed by atoms with Gasteiger partial charge >= 0.3 is 0 Å². The third kappa shape index (κ3) is 5.89. The molecular formula is C11H21N3O3. The van der Waals surface area contributed by atoms with E-state index in [-0.39, 0.29) is 24.3 Å². The molecular weight excluding hydrogens is 222 g/mol. The molecule has 0 aliphatic rings. The van der Waals surface area contributed by atoms with Gasteiger partial charge in [0.1, 0.15) is 6.04 Å². The standard InChI is InChI=1S/C11H21N3O3/c1-5-6-10(16)14(4)7-9(15)13-8(2)11(17)12-3/h8H,5-7H2,1-4H3,(H,12,17)(H,13,15). The molecule has 1 atom stereocenters. The second kappa shape index (κ2) is 7.65. The number of nitrogens with one attached hydrogen (secondary N) is 2. The van der Waals surface area contributed by atoms with E-state index in [4.69, 9.17) is 0 Å². The van der Waals surface area contributed by atoms with Crippen molar-refractivity contribution in [3.8, 4) is 0 Å². The number of carbonyl (C=O) groups is 3. The maximum atomic E-state index is 11.5. The van der Waals surface area contributed by atoms with E-state index >= 15 is 0 Å². The first-order valence-electron chi connectivity index (χ1n) is 5.67. The van der Waals surface area contributed by atoms with Crippen molar-refractivity contribution in [3.05, 3.63) is 0 Å². The average Bonchev–Trinajstić information content (AvgIpc) is 2.27. The Morgan fingerprint density at radius 2 is 1.88 bits per heavy atom. The minimum atomic E-state index is -0.595. The molecule has 0 aromatic heterocycles. The summed E-state index contributed by atoms with van der Waals surface area (Å²) in [7, 11) is 3.07. The van der Waals surface area contributed by atoms with E-state index in [9.17, 15) is 14.4 Å². The average molecular weight is 243 g/mol. The number of rotatable bonds is 6. The number of hydrogen-bond acceptors (Lipinski definition) is 3. The zero-order valence-corrected chi connectivity index (χ0v) is 10.9. The molecule has 0 rings (SSSR count). The second-order valence-electron chi connectivity index (χ2n) is 3.90. The van der Waals surface area contributed by atoms with Crippen LogP contribution >= 0.6 is 0 Å². The van der Waals surface area contributed by atoms with Gasteiger partial charge in [-0.15, -0.1) is 0 Å². The van der Waals surface area contributed by atoms with E-state index in [0.717, 1.165) is 6.42 Å². The van der Waals surface area contributed by atoms with Crippen LogP contribution < -0.4 is 10.6 Å². The molecule has 0 saturated heterocycles. The predicted molar refractivity (Wildman–Crippen MR) is 64.2 cm³/mol. The van der Waals surface area contributed by atoms with Gasteiger partial charge in [-0.1, -0.05) is 6.92 Å². The summed E-state index contributed by atoms with van der Waals surface area (Å²) in [5.74, 6) is -0.677. The molecule has 2 N–H and O–H groups in total. The van der Waals surface area contributed by atoms with Crippen LogP contribution in [-0.2, 0) is 14.4 Å². The number of carbonyl (C=O) groups excluding carboxylic acids is 3. The van der Waals surface area contributed by atoms with E-state index in [2.05, 4.69) is 10.6 Å². The zero-order chi connectivity index (χ0) is 13.4. The van der Waals surface area contributed by atoms with E-state index in [1.165, 1.54) is 11.9 Å². The summed E-state index contributed by atoms with van der Waals surface area (Å²) in [6.07, 6.45) is 1.17. The molecule has 17 heavy (non-hydrogen) atoms. The summed E-state index contributed by atoms with van der Waals surface area (Å²) in [5, 5.41) is 4.95. The molecule has 0 radical (unpaired) electrons. The maximum Gasteiger partial charge on any atom is 0.242 e. The van der Waals surface area contributed by atoms with Crippen LogP contribution in [0.25, 0.3) is 0 Å². The molecule has 98 valence electrons. The number of likely N-dealkylation sites (N-methyl/N-ethyl adjacent to an activating group) is 2. The lowest BCUT2D eigenvalue weighted by atomic mass is 10.3. The summed E-state index contributed by atoms with van der Waals surface area (Å²) in [6.45, 7) is 3.46. The molecule has 0 spiro atoms. The van der Waals surface area contributed by atoms with Crippen molar-refractivity contribution in [2.75, 3.05) is 20.6 Å². The fourth-order valence-corrected chi connectivity index (χ4v) is 1.28. The fraction of sp³-hybridized carbons (Fsp3) is 0.727. The Morgan fingerprint density at radius 3 is 2.35 bits per heavy atom. The first-order valence-corrected chi connectivity index (χ1v) is 5.67. The monoisotopic (exact) mass is 243 g/mol. The van der Waals surface area contributed by atoms with Crippen LogP contribution in [0.15, 0.2) is 0 Å². The quantitative estimate of drug-likeness (QED) is 0.660. The van der Waals surface area contributed by atoms with E-state index in [0.29, 0.717) is 6.42 Å². The van der Waals surface area contributed by atoms with Crippen molar-refractivity contribution in [1.82, 2.24) is 15.5 Å². The lowest BCUT2D eigenvalue weighted by Crippen LogP contribution is -2.47. The van der Waals surface area contributed by atoms with Crippen LogP contribution in [0.4, 0.5) is 0 Å². The van der Waals surface area contributed by atoms with Gasteiger partial charge < -0.3 is 15.5 Å². The van der Waals surface area contributed by atoms with Gasteiger partial charge in [-0.3, -0.25) is 14.4 Å². The Bertz CT molecular complexity index is 292. The van der Waals surface area contributed by atoms with Crippen molar-refractivity contribution in [2.45, 2.75) is 32.7 Å². The molecule has 0 aliphatic heterocycles. The molecule has 1 unspecified atom stereocenters. The third-order valence-corrected chi connectivity index (χ3v) is 2.29. The lowest BCUT2D eigenvalue weighted by molar-refractivity contribution is -0.135. The number of nitrogens with zero attached hydrogens (tertiary/aromatic N) is 1. The number of amides is 3. The third-order valence-electron chi connectivity index (χ3n) is 2.29. The van der Waals surface area contributed by atoms with Crippen LogP contribution in [0.5, 0.6) is 0 Å². The van der Waals surface area contributed by atoms with Gasteiger partial charge in [0.05, 0.1) is 6.54 Å². The number of hydrogen-bond donors (Lipinski definition) is 2. The zero-order valence-electron chi connectivity index (χ0n) is 10.9. The minimum absolute atomic E-state index is 0.0276. The smallest absolute Gasteiger partial charge is 0.242 e.